The minimum atomic E-state index is -1.35. The van der Waals surface area contributed by atoms with Crippen molar-refractivity contribution < 1.29 is 19.1 Å². The molecule has 0 amide bonds. The summed E-state index contributed by atoms with van der Waals surface area (Å²) in [5.74, 6) is -0.985. The Hall–Kier alpha value is -1.58. The SMILES string of the molecule is C=C1CC(C(=O)OC)(C(=O)OC)C=C1C(C)C. The number of esters is 2. The molecule has 0 bridgehead atoms. The normalized spacial score (nSPS) is 17.9. The Bertz CT molecular complexity index is 374. The second-order valence-corrected chi connectivity index (χ2v) is 4.49. The number of ether oxygens (including phenoxy) is 2. The van der Waals surface area contributed by atoms with Gasteiger partial charge in [0.1, 0.15) is 0 Å². The lowest BCUT2D eigenvalue weighted by molar-refractivity contribution is -0.164. The molecular formula is C13H18O4. The van der Waals surface area contributed by atoms with Crippen molar-refractivity contribution in [1.82, 2.24) is 0 Å². The summed E-state index contributed by atoms with van der Waals surface area (Å²) < 4.78 is 9.42. The third-order valence-corrected chi connectivity index (χ3v) is 3.02. The molecule has 0 aromatic carbocycles. The first kappa shape index (κ1) is 13.5. The van der Waals surface area contributed by atoms with Crippen LogP contribution in [-0.4, -0.2) is 26.2 Å². The molecule has 0 heterocycles. The van der Waals surface area contributed by atoms with Crippen LogP contribution in [0.3, 0.4) is 0 Å². The van der Waals surface area contributed by atoms with E-state index < -0.39 is 17.4 Å². The predicted molar refractivity (Wildman–Crippen MR) is 63.1 cm³/mol. The van der Waals surface area contributed by atoms with Gasteiger partial charge >= 0.3 is 11.9 Å². The summed E-state index contributed by atoms with van der Waals surface area (Å²) in [6.07, 6.45) is 1.87. The van der Waals surface area contributed by atoms with Gasteiger partial charge < -0.3 is 9.47 Å². The highest BCUT2D eigenvalue weighted by atomic mass is 16.5. The molecule has 0 radical (unpaired) electrons. The third kappa shape index (κ3) is 2.12. The van der Waals surface area contributed by atoms with Gasteiger partial charge in [0.15, 0.2) is 5.41 Å². The molecule has 0 aliphatic heterocycles. The van der Waals surface area contributed by atoms with E-state index in [9.17, 15) is 9.59 Å². The van der Waals surface area contributed by atoms with Crippen LogP contribution in [0.5, 0.6) is 0 Å². The fourth-order valence-electron chi connectivity index (χ4n) is 2.14. The maximum Gasteiger partial charge on any atom is 0.327 e. The number of carbonyl (C=O) groups excluding carboxylic acids is 2. The Morgan fingerprint density at radius 2 is 1.76 bits per heavy atom. The van der Waals surface area contributed by atoms with Gasteiger partial charge in [0.05, 0.1) is 14.2 Å². The molecule has 0 fully saturated rings. The zero-order valence-electron chi connectivity index (χ0n) is 10.7. The Balaban J connectivity index is 3.25. The maximum atomic E-state index is 11.8. The Morgan fingerprint density at radius 1 is 1.29 bits per heavy atom. The molecule has 0 aromatic rings. The molecule has 1 aliphatic rings. The van der Waals surface area contributed by atoms with E-state index in [1.807, 2.05) is 13.8 Å². The first-order valence-electron chi connectivity index (χ1n) is 5.46. The van der Waals surface area contributed by atoms with E-state index in [0.29, 0.717) is 0 Å². The summed E-state index contributed by atoms with van der Waals surface area (Å²) in [6, 6.07) is 0. The molecule has 0 saturated carbocycles. The van der Waals surface area contributed by atoms with Crippen LogP contribution in [0.25, 0.3) is 0 Å². The molecule has 0 atom stereocenters. The smallest absolute Gasteiger partial charge is 0.327 e. The largest absolute Gasteiger partial charge is 0.468 e. The summed E-state index contributed by atoms with van der Waals surface area (Å²) in [6.45, 7) is 7.88. The lowest BCUT2D eigenvalue weighted by atomic mass is 9.87. The van der Waals surface area contributed by atoms with Gasteiger partial charge in [0.25, 0.3) is 0 Å². The van der Waals surface area contributed by atoms with Crippen molar-refractivity contribution in [3.05, 3.63) is 23.8 Å². The molecule has 17 heavy (non-hydrogen) atoms. The highest BCUT2D eigenvalue weighted by Gasteiger charge is 2.51. The van der Waals surface area contributed by atoms with Crippen molar-refractivity contribution in [2.45, 2.75) is 20.3 Å². The summed E-state index contributed by atoms with van der Waals surface area (Å²) in [4.78, 5) is 23.7. The van der Waals surface area contributed by atoms with Gasteiger partial charge in [0, 0.05) is 6.42 Å². The average molecular weight is 238 g/mol. The van der Waals surface area contributed by atoms with Crippen LogP contribution in [-0.2, 0) is 19.1 Å². The number of allylic oxidation sites excluding steroid dienone is 2. The second-order valence-electron chi connectivity index (χ2n) is 4.49. The monoisotopic (exact) mass is 238 g/mol. The van der Waals surface area contributed by atoms with Crippen molar-refractivity contribution in [2.24, 2.45) is 11.3 Å². The van der Waals surface area contributed by atoms with E-state index in [2.05, 4.69) is 6.58 Å². The van der Waals surface area contributed by atoms with Crippen molar-refractivity contribution in [1.29, 1.82) is 0 Å². The highest BCUT2D eigenvalue weighted by molar-refractivity contribution is 6.03. The number of rotatable bonds is 3. The maximum absolute atomic E-state index is 11.8. The first-order valence-corrected chi connectivity index (χ1v) is 5.46. The van der Waals surface area contributed by atoms with Crippen LogP contribution in [0, 0.1) is 11.3 Å². The second kappa shape index (κ2) is 4.73. The van der Waals surface area contributed by atoms with Crippen molar-refractivity contribution in [3.63, 3.8) is 0 Å². The molecule has 0 spiro atoms. The van der Waals surface area contributed by atoms with Gasteiger partial charge in [-0.15, -0.1) is 0 Å². The first-order chi connectivity index (χ1) is 7.89. The zero-order valence-corrected chi connectivity index (χ0v) is 10.7. The summed E-state index contributed by atoms with van der Waals surface area (Å²) in [5.41, 5.74) is 0.358. The Kier molecular flexibility index (Phi) is 3.76. The van der Waals surface area contributed by atoms with Gasteiger partial charge in [0.2, 0.25) is 0 Å². The van der Waals surface area contributed by atoms with E-state index in [0.717, 1.165) is 11.1 Å². The minimum Gasteiger partial charge on any atom is -0.468 e. The molecule has 94 valence electrons. The van der Waals surface area contributed by atoms with Crippen LogP contribution in [0.2, 0.25) is 0 Å². The van der Waals surface area contributed by atoms with Gasteiger partial charge in [-0.2, -0.15) is 0 Å². The topological polar surface area (TPSA) is 52.6 Å². The molecule has 1 aliphatic carbocycles. The molecule has 4 heteroatoms. The molecule has 0 aromatic heterocycles. The summed E-state index contributed by atoms with van der Waals surface area (Å²) in [5, 5.41) is 0. The quantitative estimate of drug-likeness (QED) is 0.556. The molecule has 0 saturated heterocycles. The van der Waals surface area contributed by atoms with E-state index >= 15 is 0 Å². The Morgan fingerprint density at radius 3 is 2.06 bits per heavy atom. The van der Waals surface area contributed by atoms with E-state index in [4.69, 9.17) is 9.47 Å². The number of hydrogen-bond donors (Lipinski definition) is 0. The van der Waals surface area contributed by atoms with E-state index in [1.165, 1.54) is 14.2 Å². The fraction of sp³-hybridized carbons (Fsp3) is 0.538. The van der Waals surface area contributed by atoms with Crippen LogP contribution < -0.4 is 0 Å². The van der Waals surface area contributed by atoms with Crippen LogP contribution in [0.4, 0.5) is 0 Å². The van der Waals surface area contributed by atoms with Crippen molar-refractivity contribution in [3.8, 4) is 0 Å². The van der Waals surface area contributed by atoms with Gasteiger partial charge in [-0.05, 0) is 17.1 Å². The molecule has 4 nitrogen and oxygen atoms in total. The fourth-order valence-corrected chi connectivity index (χ4v) is 2.14. The lowest BCUT2D eigenvalue weighted by Crippen LogP contribution is -2.38. The van der Waals surface area contributed by atoms with Gasteiger partial charge in [-0.1, -0.05) is 26.5 Å². The minimum absolute atomic E-state index is 0.207. The van der Waals surface area contributed by atoms with Crippen molar-refractivity contribution >= 4 is 11.9 Å². The van der Waals surface area contributed by atoms with Crippen LogP contribution >= 0.6 is 0 Å². The van der Waals surface area contributed by atoms with E-state index in [1.54, 1.807) is 6.08 Å². The molecular weight excluding hydrogens is 220 g/mol. The van der Waals surface area contributed by atoms with Crippen molar-refractivity contribution in [2.75, 3.05) is 14.2 Å². The van der Waals surface area contributed by atoms with Gasteiger partial charge in [-0.25, -0.2) is 0 Å². The van der Waals surface area contributed by atoms with E-state index in [-0.39, 0.29) is 12.3 Å². The third-order valence-electron chi connectivity index (χ3n) is 3.02. The van der Waals surface area contributed by atoms with Crippen LogP contribution in [0.1, 0.15) is 20.3 Å². The molecule has 0 N–H and O–H groups in total. The van der Waals surface area contributed by atoms with Gasteiger partial charge in [-0.3, -0.25) is 9.59 Å². The zero-order chi connectivity index (χ0) is 13.2. The lowest BCUT2D eigenvalue weighted by Gasteiger charge is -2.20. The standard InChI is InChI=1S/C13H18O4/c1-8(2)10-7-13(6-9(10)3,11(14)16-4)12(15)17-5/h7-8H,3,6H2,1-2,4-5H3. The predicted octanol–water partition coefficient (Wildman–Crippen LogP) is 1.86. The Labute approximate surface area is 101 Å². The number of methoxy groups -OCH3 is 2. The summed E-state index contributed by atoms with van der Waals surface area (Å²) in [7, 11) is 2.52. The highest BCUT2D eigenvalue weighted by Crippen LogP contribution is 2.43. The average Bonchev–Trinajstić information content (AvgIpc) is 2.66. The number of hydrogen-bond acceptors (Lipinski definition) is 4. The molecule has 1 rings (SSSR count). The van der Waals surface area contributed by atoms with Crippen LogP contribution in [0.15, 0.2) is 23.8 Å². The summed E-state index contributed by atoms with van der Waals surface area (Å²) >= 11 is 0. The molecule has 0 unspecified atom stereocenters. The number of carbonyl (C=O) groups is 2.